The second kappa shape index (κ2) is 13.2. The maximum Gasteiger partial charge on any atom is 0.243 e. The summed E-state index contributed by atoms with van der Waals surface area (Å²) in [7, 11) is 0. The molecule has 1 aliphatic heterocycles. The van der Waals surface area contributed by atoms with Crippen molar-refractivity contribution in [2.45, 2.75) is 44.3 Å². The number of likely N-dealkylation sites (tertiary alicyclic amines) is 1. The van der Waals surface area contributed by atoms with E-state index in [0.717, 1.165) is 22.4 Å². The number of amidine groups is 1. The summed E-state index contributed by atoms with van der Waals surface area (Å²) >= 11 is 1.37. The van der Waals surface area contributed by atoms with Crippen LogP contribution in [0.5, 0.6) is 0 Å². The Balaban J connectivity index is 1.51. The zero-order valence-electron chi connectivity index (χ0n) is 21.3. The van der Waals surface area contributed by atoms with Gasteiger partial charge < -0.3 is 21.3 Å². The highest BCUT2D eigenvalue weighted by atomic mass is 32.1. The average Bonchev–Trinajstić information content (AvgIpc) is 3.63. The Bertz CT molecular complexity index is 1190. The first kappa shape index (κ1) is 27.3. The van der Waals surface area contributed by atoms with Gasteiger partial charge in [0.25, 0.3) is 0 Å². The highest BCUT2D eigenvalue weighted by Gasteiger charge is 2.40. The van der Waals surface area contributed by atoms with E-state index in [0.29, 0.717) is 30.9 Å². The molecular formula is C28H34N6O3S. The number of nitrogens with two attached hydrogens (primary N) is 1. The molecule has 1 aromatic heterocycles. The van der Waals surface area contributed by atoms with Crippen LogP contribution in [0, 0.1) is 0 Å². The van der Waals surface area contributed by atoms with Crippen molar-refractivity contribution in [3.05, 3.63) is 93.7 Å². The van der Waals surface area contributed by atoms with E-state index in [-0.39, 0.29) is 23.6 Å². The molecule has 200 valence electrons. The molecule has 2 aromatic carbocycles. The zero-order chi connectivity index (χ0) is 26.9. The van der Waals surface area contributed by atoms with Gasteiger partial charge in [0.1, 0.15) is 6.04 Å². The number of carbonyl (C=O) groups is 2. The number of hydrogen-bond donors (Lipinski definition) is 5. The summed E-state index contributed by atoms with van der Waals surface area (Å²) in [6.45, 7) is 3.47. The van der Waals surface area contributed by atoms with Crippen molar-refractivity contribution in [3.8, 4) is 0 Å². The number of thiophene rings is 1. The van der Waals surface area contributed by atoms with Crippen LogP contribution in [-0.4, -0.2) is 52.9 Å². The average molecular weight is 535 g/mol. The Morgan fingerprint density at radius 1 is 1.08 bits per heavy atom. The molecule has 1 saturated heterocycles. The van der Waals surface area contributed by atoms with Crippen molar-refractivity contribution in [1.29, 1.82) is 0 Å². The Morgan fingerprint density at radius 2 is 1.74 bits per heavy atom. The fourth-order valence-electron chi connectivity index (χ4n) is 4.96. The van der Waals surface area contributed by atoms with Crippen LogP contribution in [0.2, 0.25) is 0 Å². The Hall–Kier alpha value is -3.73. The van der Waals surface area contributed by atoms with Gasteiger partial charge in [0, 0.05) is 17.3 Å². The van der Waals surface area contributed by atoms with Crippen LogP contribution in [0.15, 0.2) is 77.9 Å². The maximum absolute atomic E-state index is 14.1. The number of amides is 2. The van der Waals surface area contributed by atoms with Gasteiger partial charge in [-0.1, -0.05) is 67.6 Å². The minimum absolute atomic E-state index is 0.0684. The Labute approximate surface area is 226 Å². The first-order valence-electron chi connectivity index (χ1n) is 12.8. The molecule has 2 unspecified atom stereocenters. The molecule has 2 amide bonds. The number of hydrazone groups is 1. The molecular weight excluding hydrogens is 500 g/mol. The van der Waals surface area contributed by atoms with Crippen molar-refractivity contribution in [3.63, 3.8) is 0 Å². The van der Waals surface area contributed by atoms with E-state index in [4.69, 9.17) is 10.9 Å². The summed E-state index contributed by atoms with van der Waals surface area (Å²) in [6.07, 6.45) is 1.39. The summed E-state index contributed by atoms with van der Waals surface area (Å²) in [6, 6.07) is 22.7. The van der Waals surface area contributed by atoms with Crippen LogP contribution < -0.4 is 22.0 Å². The SMILES string of the molecule is CCNC(C(=O)N1CCCC1C(=O)NCc1ccc(/C(N)=N/NO)s1)C(c1ccccc1)c1ccccc1. The van der Waals surface area contributed by atoms with Crippen molar-refractivity contribution < 1.29 is 14.8 Å². The molecule has 2 heterocycles. The standard InChI is InChI=1S/C28H34N6O3S/c1-2-30-25(24(19-10-5-3-6-11-19)20-12-7-4-8-13-20)28(36)34-17-9-14-22(34)27(35)31-18-21-15-16-23(38-21)26(29)32-33-37/h3-8,10-13,15-16,22,24-25,30,33,37H,2,9,14,17-18H2,1H3,(H2,29,32)(H,31,35). The topological polar surface area (TPSA) is 132 Å². The van der Waals surface area contributed by atoms with Crippen molar-refractivity contribution in [2.75, 3.05) is 13.1 Å². The molecule has 1 fully saturated rings. The van der Waals surface area contributed by atoms with Crippen LogP contribution in [0.4, 0.5) is 0 Å². The Morgan fingerprint density at radius 3 is 2.34 bits per heavy atom. The molecule has 10 heteroatoms. The normalized spacial score (nSPS) is 16.4. The largest absolute Gasteiger partial charge is 0.381 e. The number of nitrogens with zero attached hydrogens (tertiary/aromatic N) is 2. The van der Waals surface area contributed by atoms with E-state index in [1.807, 2.05) is 73.7 Å². The predicted octanol–water partition coefficient (Wildman–Crippen LogP) is 2.76. The lowest BCUT2D eigenvalue weighted by Gasteiger charge is -2.33. The van der Waals surface area contributed by atoms with Gasteiger partial charge in [-0.15, -0.1) is 16.4 Å². The number of likely N-dealkylation sites (N-methyl/N-ethyl adjacent to an activating group) is 1. The lowest BCUT2D eigenvalue weighted by molar-refractivity contribution is -0.140. The number of carbonyl (C=O) groups excluding carboxylic acids is 2. The molecule has 0 aliphatic carbocycles. The van der Waals surface area contributed by atoms with E-state index >= 15 is 0 Å². The quantitative estimate of drug-likeness (QED) is 0.146. The number of nitrogens with one attached hydrogen (secondary N) is 3. The van der Waals surface area contributed by atoms with Gasteiger partial charge in [0.05, 0.1) is 17.5 Å². The van der Waals surface area contributed by atoms with Crippen molar-refractivity contribution in [2.24, 2.45) is 10.8 Å². The minimum Gasteiger partial charge on any atom is -0.381 e. The van der Waals surface area contributed by atoms with E-state index in [1.165, 1.54) is 11.3 Å². The molecule has 9 nitrogen and oxygen atoms in total. The van der Waals surface area contributed by atoms with Crippen LogP contribution in [-0.2, 0) is 16.1 Å². The highest BCUT2D eigenvalue weighted by Crippen LogP contribution is 2.31. The molecule has 0 bridgehead atoms. The molecule has 4 rings (SSSR count). The smallest absolute Gasteiger partial charge is 0.243 e. The highest BCUT2D eigenvalue weighted by molar-refractivity contribution is 7.14. The first-order valence-corrected chi connectivity index (χ1v) is 13.6. The molecule has 3 aromatic rings. The van der Waals surface area contributed by atoms with Gasteiger partial charge in [0.2, 0.25) is 11.8 Å². The maximum atomic E-state index is 14.1. The van der Waals surface area contributed by atoms with Gasteiger partial charge >= 0.3 is 0 Å². The Kier molecular flexibility index (Phi) is 9.47. The number of benzene rings is 2. The van der Waals surface area contributed by atoms with Gasteiger partial charge in [0.15, 0.2) is 5.84 Å². The van der Waals surface area contributed by atoms with Gasteiger partial charge in [-0.3, -0.25) is 14.8 Å². The fourth-order valence-corrected chi connectivity index (χ4v) is 5.81. The molecule has 38 heavy (non-hydrogen) atoms. The first-order chi connectivity index (χ1) is 18.5. The molecule has 6 N–H and O–H groups in total. The summed E-state index contributed by atoms with van der Waals surface area (Å²) in [5.41, 5.74) is 9.56. The summed E-state index contributed by atoms with van der Waals surface area (Å²) < 4.78 is 0. The third-order valence-electron chi connectivity index (χ3n) is 6.70. The monoisotopic (exact) mass is 534 g/mol. The van der Waals surface area contributed by atoms with Crippen molar-refractivity contribution in [1.82, 2.24) is 21.1 Å². The summed E-state index contributed by atoms with van der Waals surface area (Å²) in [4.78, 5) is 30.6. The number of hydrogen-bond acceptors (Lipinski definition) is 7. The molecule has 2 atom stereocenters. The van der Waals surface area contributed by atoms with E-state index in [1.54, 1.807) is 16.6 Å². The lowest BCUT2D eigenvalue weighted by Crippen LogP contribution is -2.54. The fraction of sp³-hybridized carbons (Fsp3) is 0.321. The third-order valence-corrected chi connectivity index (χ3v) is 7.81. The van der Waals surface area contributed by atoms with Crippen LogP contribution >= 0.6 is 11.3 Å². The third kappa shape index (κ3) is 6.39. The van der Waals surface area contributed by atoms with E-state index in [2.05, 4.69) is 15.7 Å². The van der Waals surface area contributed by atoms with Crippen molar-refractivity contribution >= 4 is 29.0 Å². The van der Waals surface area contributed by atoms with Gasteiger partial charge in [-0.2, -0.15) is 5.59 Å². The summed E-state index contributed by atoms with van der Waals surface area (Å²) in [5.74, 6) is -0.278. The lowest BCUT2D eigenvalue weighted by atomic mass is 9.84. The van der Waals surface area contributed by atoms with Crippen LogP contribution in [0.25, 0.3) is 0 Å². The molecule has 1 aliphatic rings. The molecule has 0 radical (unpaired) electrons. The van der Waals surface area contributed by atoms with Crippen LogP contribution in [0.1, 0.15) is 46.6 Å². The zero-order valence-corrected chi connectivity index (χ0v) is 22.2. The van der Waals surface area contributed by atoms with E-state index < -0.39 is 12.1 Å². The van der Waals surface area contributed by atoms with E-state index in [9.17, 15) is 9.59 Å². The molecule has 0 saturated carbocycles. The molecule has 0 spiro atoms. The second-order valence-electron chi connectivity index (χ2n) is 9.10. The van der Waals surface area contributed by atoms with Crippen LogP contribution in [0.3, 0.4) is 0 Å². The summed E-state index contributed by atoms with van der Waals surface area (Å²) in [5, 5.41) is 18.7. The van der Waals surface area contributed by atoms with Gasteiger partial charge in [-0.05, 0) is 42.6 Å². The second-order valence-corrected chi connectivity index (χ2v) is 10.3. The minimum atomic E-state index is -0.527. The predicted molar refractivity (Wildman–Crippen MR) is 149 cm³/mol. The van der Waals surface area contributed by atoms with Gasteiger partial charge in [-0.25, -0.2) is 0 Å². The number of rotatable bonds is 11.